The Morgan fingerprint density at radius 1 is 1.32 bits per heavy atom. The van der Waals surface area contributed by atoms with Crippen molar-refractivity contribution in [2.75, 3.05) is 7.05 Å². The van der Waals surface area contributed by atoms with Gasteiger partial charge in [-0.3, -0.25) is 9.36 Å². The standard InChI is InChI=1S/C20H18ClN3O3S/c1-12(19-22-14-5-3-4-6-17(14)28-19)23(2)18(25)9-10-24-15-8-7-13(21)11-16(15)27-20(24)26/h3-8,11-12H,9-10H2,1-2H3/t12-/m1/s1. The highest BCUT2D eigenvalue weighted by molar-refractivity contribution is 7.18. The molecule has 0 unspecified atom stereocenters. The van der Waals surface area contributed by atoms with Crippen molar-refractivity contribution in [3.8, 4) is 0 Å². The van der Waals surface area contributed by atoms with Gasteiger partial charge in [0, 0.05) is 31.1 Å². The molecule has 2 heterocycles. The van der Waals surface area contributed by atoms with Crippen molar-refractivity contribution in [3.63, 3.8) is 0 Å². The molecule has 28 heavy (non-hydrogen) atoms. The van der Waals surface area contributed by atoms with E-state index in [9.17, 15) is 9.59 Å². The Morgan fingerprint density at radius 2 is 2.11 bits per heavy atom. The van der Waals surface area contributed by atoms with E-state index in [0.29, 0.717) is 16.1 Å². The van der Waals surface area contributed by atoms with Crippen LogP contribution in [0, 0.1) is 0 Å². The number of para-hydroxylation sites is 1. The minimum Gasteiger partial charge on any atom is -0.408 e. The van der Waals surface area contributed by atoms with Crippen molar-refractivity contribution in [2.24, 2.45) is 0 Å². The summed E-state index contributed by atoms with van der Waals surface area (Å²) in [7, 11) is 1.76. The van der Waals surface area contributed by atoms with Crippen LogP contribution in [0.15, 0.2) is 51.7 Å². The number of hydrogen-bond acceptors (Lipinski definition) is 5. The van der Waals surface area contributed by atoms with Gasteiger partial charge in [0.2, 0.25) is 5.91 Å². The molecule has 0 N–H and O–H groups in total. The number of carbonyl (C=O) groups excluding carboxylic acids is 1. The highest BCUT2D eigenvalue weighted by Crippen LogP contribution is 2.29. The van der Waals surface area contributed by atoms with Gasteiger partial charge in [0.25, 0.3) is 0 Å². The molecule has 0 radical (unpaired) electrons. The molecule has 144 valence electrons. The number of aryl methyl sites for hydroxylation is 1. The molecule has 4 aromatic rings. The number of amides is 1. The molecule has 0 aliphatic carbocycles. The van der Waals surface area contributed by atoms with Crippen LogP contribution in [-0.4, -0.2) is 27.4 Å². The summed E-state index contributed by atoms with van der Waals surface area (Å²) in [6.45, 7) is 2.19. The van der Waals surface area contributed by atoms with E-state index in [0.717, 1.165) is 15.2 Å². The van der Waals surface area contributed by atoms with Crippen LogP contribution in [-0.2, 0) is 11.3 Å². The number of aromatic nitrogens is 2. The second-order valence-electron chi connectivity index (χ2n) is 6.58. The van der Waals surface area contributed by atoms with Gasteiger partial charge >= 0.3 is 5.76 Å². The fraction of sp³-hybridized carbons (Fsp3) is 0.250. The molecule has 0 spiro atoms. The second-order valence-corrected chi connectivity index (χ2v) is 8.08. The zero-order valence-corrected chi connectivity index (χ0v) is 17.0. The molecule has 0 aliphatic rings. The SMILES string of the molecule is C[C@H](c1nc2ccccc2s1)N(C)C(=O)CCn1c(=O)oc2cc(Cl)ccc21. The molecule has 8 heteroatoms. The summed E-state index contributed by atoms with van der Waals surface area (Å²) in [5.74, 6) is -0.561. The third kappa shape index (κ3) is 3.43. The lowest BCUT2D eigenvalue weighted by molar-refractivity contribution is -0.132. The number of hydrogen-bond donors (Lipinski definition) is 0. The zero-order chi connectivity index (χ0) is 19.8. The molecule has 1 amide bonds. The van der Waals surface area contributed by atoms with E-state index < -0.39 is 5.76 Å². The highest BCUT2D eigenvalue weighted by atomic mass is 35.5. The Morgan fingerprint density at radius 3 is 2.89 bits per heavy atom. The molecule has 0 saturated heterocycles. The molecule has 2 aromatic heterocycles. The van der Waals surface area contributed by atoms with E-state index in [1.165, 1.54) is 4.57 Å². The van der Waals surface area contributed by atoms with Crippen LogP contribution in [0.4, 0.5) is 0 Å². The van der Waals surface area contributed by atoms with E-state index in [-0.39, 0.29) is 24.9 Å². The lowest BCUT2D eigenvalue weighted by atomic mass is 10.2. The fourth-order valence-corrected chi connectivity index (χ4v) is 4.31. The summed E-state index contributed by atoms with van der Waals surface area (Å²) in [5.41, 5.74) is 1.98. The molecule has 1 atom stereocenters. The van der Waals surface area contributed by atoms with Crippen molar-refractivity contribution in [1.29, 1.82) is 0 Å². The first kappa shape index (κ1) is 18.7. The first-order valence-corrected chi connectivity index (χ1v) is 10.0. The van der Waals surface area contributed by atoms with Crippen LogP contribution >= 0.6 is 22.9 Å². The number of nitrogens with zero attached hydrogens (tertiary/aromatic N) is 3. The Kier molecular flexibility index (Phi) is 4.95. The fourth-order valence-electron chi connectivity index (χ4n) is 3.09. The van der Waals surface area contributed by atoms with Gasteiger partial charge in [-0.1, -0.05) is 23.7 Å². The maximum Gasteiger partial charge on any atom is 0.419 e. The van der Waals surface area contributed by atoms with Crippen LogP contribution in [0.3, 0.4) is 0 Å². The second kappa shape index (κ2) is 7.41. The summed E-state index contributed by atoms with van der Waals surface area (Å²) >= 11 is 7.52. The minimum absolute atomic E-state index is 0.0676. The molecule has 0 aliphatic heterocycles. The first-order chi connectivity index (χ1) is 13.4. The average Bonchev–Trinajstić information content (AvgIpc) is 3.24. The maximum atomic E-state index is 12.7. The van der Waals surface area contributed by atoms with Crippen molar-refractivity contribution in [3.05, 3.63) is 63.0 Å². The molecule has 6 nitrogen and oxygen atoms in total. The van der Waals surface area contributed by atoms with Gasteiger partial charge in [-0.05, 0) is 31.2 Å². The molecule has 0 bridgehead atoms. The third-order valence-electron chi connectivity index (χ3n) is 4.82. The summed E-state index contributed by atoms with van der Waals surface area (Å²) in [6.07, 6.45) is 0.183. The van der Waals surface area contributed by atoms with Gasteiger partial charge in [-0.15, -0.1) is 11.3 Å². The quantitative estimate of drug-likeness (QED) is 0.482. The van der Waals surface area contributed by atoms with E-state index in [4.69, 9.17) is 16.0 Å². The highest BCUT2D eigenvalue weighted by Gasteiger charge is 2.21. The number of halogens is 1. The van der Waals surface area contributed by atoms with Gasteiger partial charge in [0.05, 0.1) is 21.8 Å². The topological polar surface area (TPSA) is 68.3 Å². The lowest BCUT2D eigenvalue weighted by Crippen LogP contribution is -2.31. The smallest absolute Gasteiger partial charge is 0.408 e. The Balaban J connectivity index is 1.49. The monoisotopic (exact) mass is 415 g/mol. The average molecular weight is 416 g/mol. The number of fused-ring (bicyclic) bond motifs is 2. The Bertz CT molecular complexity index is 1190. The minimum atomic E-state index is -0.494. The molecule has 4 rings (SSSR count). The molecule has 0 fully saturated rings. The summed E-state index contributed by atoms with van der Waals surface area (Å²) in [5, 5.41) is 1.38. The van der Waals surface area contributed by atoms with E-state index in [2.05, 4.69) is 4.98 Å². The Hall–Kier alpha value is -2.64. The van der Waals surface area contributed by atoms with E-state index in [1.54, 1.807) is 41.5 Å². The first-order valence-electron chi connectivity index (χ1n) is 8.84. The zero-order valence-electron chi connectivity index (χ0n) is 15.4. The van der Waals surface area contributed by atoms with E-state index in [1.807, 2.05) is 31.2 Å². The number of rotatable bonds is 5. The molecule has 0 saturated carbocycles. The van der Waals surface area contributed by atoms with Gasteiger partial charge in [-0.25, -0.2) is 9.78 Å². The Labute approximate surface area is 170 Å². The molecule has 2 aromatic carbocycles. The van der Waals surface area contributed by atoms with Crippen LogP contribution in [0.1, 0.15) is 24.4 Å². The summed E-state index contributed by atoms with van der Waals surface area (Å²) in [6, 6.07) is 12.8. The predicted octanol–water partition coefficient (Wildman–Crippen LogP) is 4.47. The van der Waals surface area contributed by atoms with Gasteiger partial charge < -0.3 is 9.32 Å². The number of carbonyl (C=O) groups is 1. The number of thiazole rings is 1. The largest absolute Gasteiger partial charge is 0.419 e. The van der Waals surface area contributed by atoms with Gasteiger partial charge in [0.15, 0.2) is 5.58 Å². The van der Waals surface area contributed by atoms with E-state index >= 15 is 0 Å². The molecular weight excluding hydrogens is 398 g/mol. The van der Waals surface area contributed by atoms with Gasteiger partial charge in [-0.2, -0.15) is 0 Å². The third-order valence-corrected chi connectivity index (χ3v) is 6.26. The number of oxazole rings is 1. The predicted molar refractivity (Wildman–Crippen MR) is 111 cm³/mol. The van der Waals surface area contributed by atoms with Crippen LogP contribution in [0.5, 0.6) is 0 Å². The lowest BCUT2D eigenvalue weighted by Gasteiger charge is -2.23. The van der Waals surface area contributed by atoms with Crippen LogP contribution in [0.25, 0.3) is 21.3 Å². The maximum absolute atomic E-state index is 12.7. The normalized spacial score (nSPS) is 12.5. The van der Waals surface area contributed by atoms with Crippen molar-refractivity contribution >= 4 is 50.2 Å². The van der Waals surface area contributed by atoms with Gasteiger partial charge in [0.1, 0.15) is 5.01 Å². The van der Waals surface area contributed by atoms with Crippen molar-refractivity contribution in [2.45, 2.75) is 25.9 Å². The summed E-state index contributed by atoms with van der Waals surface area (Å²) in [4.78, 5) is 31.1. The number of benzene rings is 2. The van der Waals surface area contributed by atoms with Crippen molar-refractivity contribution in [1.82, 2.24) is 14.5 Å². The molecular formula is C20H18ClN3O3S. The van der Waals surface area contributed by atoms with Crippen LogP contribution < -0.4 is 5.76 Å². The van der Waals surface area contributed by atoms with Crippen LogP contribution in [0.2, 0.25) is 5.02 Å². The summed E-state index contributed by atoms with van der Waals surface area (Å²) < 4.78 is 7.77. The van der Waals surface area contributed by atoms with Crippen molar-refractivity contribution < 1.29 is 9.21 Å².